The molecule has 0 saturated carbocycles. The van der Waals surface area contributed by atoms with Crippen LogP contribution in [0.4, 0.5) is 0 Å². The van der Waals surface area contributed by atoms with Crippen LogP contribution in [0.1, 0.15) is 12.0 Å². The van der Waals surface area contributed by atoms with Gasteiger partial charge in [-0.2, -0.15) is 0 Å². The summed E-state index contributed by atoms with van der Waals surface area (Å²) in [5.41, 5.74) is 3.79. The third kappa shape index (κ3) is 3.88. The van der Waals surface area contributed by atoms with E-state index in [1.54, 1.807) is 0 Å². The Hall–Kier alpha value is -1.28. The predicted octanol–water partition coefficient (Wildman–Crippen LogP) is 4.58. The highest BCUT2D eigenvalue weighted by molar-refractivity contribution is 9.09. The van der Waals surface area contributed by atoms with Crippen LogP contribution in [-0.4, -0.2) is 11.9 Å². The monoisotopic (exact) mass is 304 g/mol. The molecule has 1 aliphatic rings. The lowest BCUT2D eigenvalue weighted by Gasteiger charge is -2.06. The average Bonchev–Trinajstić information content (AvgIpc) is 2.63. The van der Waals surface area contributed by atoms with Gasteiger partial charge in [0.1, 0.15) is 12.4 Å². The van der Waals surface area contributed by atoms with E-state index in [9.17, 15) is 0 Å². The molecule has 0 heterocycles. The summed E-state index contributed by atoms with van der Waals surface area (Å²) in [4.78, 5) is 0. The van der Waals surface area contributed by atoms with Crippen LogP contribution in [0.25, 0.3) is 0 Å². The molecule has 0 saturated heterocycles. The van der Waals surface area contributed by atoms with Crippen molar-refractivity contribution in [1.82, 2.24) is 0 Å². The van der Waals surface area contributed by atoms with Gasteiger partial charge in [-0.15, -0.1) is 0 Å². The molecule has 0 atom stereocenters. The summed E-state index contributed by atoms with van der Waals surface area (Å²) < 4.78 is 5.77. The Balaban J connectivity index is 1.91. The zero-order valence-electron chi connectivity index (χ0n) is 10.5. The van der Waals surface area contributed by atoms with Crippen molar-refractivity contribution >= 4 is 15.9 Å². The fourth-order valence-corrected chi connectivity index (χ4v) is 2.13. The summed E-state index contributed by atoms with van der Waals surface area (Å²) in [6, 6.07) is 8.16. The van der Waals surface area contributed by atoms with Gasteiger partial charge in [-0.25, -0.2) is 0 Å². The van der Waals surface area contributed by atoms with Gasteiger partial charge in [-0.05, 0) is 36.6 Å². The number of alkyl halides is 1. The van der Waals surface area contributed by atoms with Crippen molar-refractivity contribution in [3.05, 3.63) is 65.3 Å². The van der Waals surface area contributed by atoms with Gasteiger partial charge < -0.3 is 4.74 Å². The molecule has 94 valence electrons. The van der Waals surface area contributed by atoms with E-state index in [2.05, 4.69) is 59.3 Å². The second-order valence-electron chi connectivity index (χ2n) is 4.36. The van der Waals surface area contributed by atoms with Crippen molar-refractivity contribution in [2.45, 2.75) is 13.3 Å². The van der Waals surface area contributed by atoms with Gasteiger partial charge in [0.05, 0.1) is 0 Å². The molecule has 0 radical (unpaired) electrons. The third-order valence-electron chi connectivity index (χ3n) is 2.85. The molecule has 1 aliphatic carbocycles. The van der Waals surface area contributed by atoms with Crippen molar-refractivity contribution in [2.24, 2.45) is 0 Å². The van der Waals surface area contributed by atoms with E-state index in [1.807, 2.05) is 12.1 Å². The molecule has 18 heavy (non-hydrogen) atoms. The summed E-state index contributed by atoms with van der Waals surface area (Å²) in [6.07, 6.45) is 9.69. The van der Waals surface area contributed by atoms with Crippen LogP contribution in [0.3, 0.4) is 0 Å². The number of benzene rings is 1. The third-order valence-corrected chi connectivity index (χ3v) is 3.50. The Morgan fingerprint density at radius 3 is 2.44 bits per heavy atom. The number of halogens is 1. The smallest absolute Gasteiger partial charge is 0.119 e. The van der Waals surface area contributed by atoms with Gasteiger partial charge in [0.15, 0.2) is 0 Å². The summed E-state index contributed by atoms with van der Waals surface area (Å²) in [5, 5.41) is 0.906. The zero-order chi connectivity index (χ0) is 12.8. The van der Waals surface area contributed by atoms with Gasteiger partial charge in [-0.1, -0.05) is 57.9 Å². The van der Waals surface area contributed by atoms with Crippen LogP contribution >= 0.6 is 15.9 Å². The lowest BCUT2D eigenvalue weighted by molar-refractivity contribution is 0.355. The minimum Gasteiger partial charge on any atom is -0.489 e. The SMILES string of the molecule is Cc1ccc(OCC2=CCC=C(CBr)C=C2)cc1. The van der Waals surface area contributed by atoms with Crippen LogP contribution in [0.2, 0.25) is 0 Å². The molecule has 0 unspecified atom stereocenters. The number of hydrogen-bond donors (Lipinski definition) is 0. The van der Waals surface area contributed by atoms with Crippen molar-refractivity contribution in [3.63, 3.8) is 0 Å². The van der Waals surface area contributed by atoms with Gasteiger partial charge in [0.2, 0.25) is 0 Å². The first-order chi connectivity index (χ1) is 8.78. The second-order valence-corrected chi connectivity index (χ2v) is 4.92. The lowest BCUT2D eigenvalue weighted by atomic mass is 10.2. The largest absolute Gasteiger partial charge is 0.489 e. The Bertz CT molecular complexity index is 480. The molecule has 0 bridgehead atoms. The van der Waals surface area contributed by atoms with Crippen molar-refractivity contribution in [2.75, 3.05) is 11.9 Å². The van der Waals surface area contributed by atoms with E-state index in [-0.39, 0.29) is 0 Å². The quantitative estimate of drug-likeness (QED) is 0.740. The maximum atomic E-state index is 5.77. The molecule has 0 aromatic heterocycles. The number of allylic oxidation sites excluding steroid dienone is 4. The number of hydrogen-bond acceptors (Lipinski definition) is 1. The summed E-state index contributed by atoms with van der Waals surface area (Å²) in [7, 11) is 0. The van der Waals surface area contributed by atoms with Gasteiger partial charge in [0.25, 0.3) is 0 Å². The van der Waals surface area contributed by atoms with Crippen molar-refractivity contribution in [3.8, 4) is 5.75 Å². The highest BCUT2D eigenvalue weighted by atomic mass is 79.9. The molecule has 1 aromatic rings. The first-order valence-electron chi connectivity index (χ1n) is 6.09. The standard InChI is InChI=1S/C16H17BrO/c1-13-5-9-16(10-6-13)18-12-15-4-2-3-14(11-17)7-8-15/h3-10H,2,11-12H2,1H3. The number of aryl methyl sites for hydroxylation is 1. The number of rotatable bonds is 4. The second kappa shape index (κ2) is 6.60. The fourth-order valence-electron chi connectivity index (χ4n) is 1.72. The predicted molar refractivity (Wildman–Crippen MR) is 80.4 cm³/mol. The molecular formula is C16H17BrO. The van der Waals surface area contributed by atoms with Crippen molar-refractivity contribution < 1.29 is 4.74 Å². The first kappa shape index (κ1) is 13.2. The highest BCUT2D eigenvalue weighted by Gasteiger charge is 2.00. The molecule has 0 amide bonds. The summed E-state index contributed by atoms with van der Waals surface area (Å²) in [5.74, 6) is 0.924. The van der Waals surface area contributed by atoms with E-state index in [0.717, 1.165) is 17.5 Å². The van der Waals surface area contributed by atoms with E-state index < -0.39 is 0 Å². The number of ether oxygens (including phenoxy) is 1. The van der Waals surface area contributed by atoms with Gasteiger partial charge >= 0.3 is 0 Å². The molecule has 0 fully saturated rings. The Labute approximate surface area is 117 Å². The Morgan fingerprint density at radius 2 is 1.72 bits per heavy atom. The fraction of sp³-hybridized carbons (Fsp3) is 0.250. The minimum atomic E-state index is 0.628. The van der Waals surface area contributed by atoms with Crippen LogP contribution in [0.15, 0.2) is 59.7 Å². The maximum absolute atomic E-state index is 5.77. The van der Waals surface area contributed by atoms with E-state index >= 15 is 0 Å². The zero-order valence-corrected chi connectivity index (χ0v) is 12.1. The van der Waals surface area contributed by atoms with E-state index in [4.69, 9.17) is 4.74 Å². The first-order valence-corrected chi connectivity index (χ1v) is 7.21. The molecule has 1 aromatic carbocycles. The molecule has 1 nitrogen and oxygen atoms in total. The Morgan fingerprint density at radius 1 is 1.06 bits per heavy atom. The summed E-state index contributed by atoms with van der Waals surface area (Å²) >= 11 is 3.47. The molecule has 0 spiro atoms. The molecule has 2 rings (SSSR count). The molecule has 0 aliphatic heterocycles. The molecular weight excluding hydrogens is 288 g/mol. The minimum absolute atomic E-state index is 0.628. The van der Waals surface area contributed by atoms with Crippen LogP contribution < -0.4 is 4.74 Å². The van der Waals surface area contributed by atoms with Crippen LogP contribution in [-0.2, 0) is 0 Å². The topological polar surface area (TPSA) is 9.23 Å². The normalized spacial score (nSPS) is 14.8. The van der Waals surface area contributed by atoms with Crippen LogP contribution in [0.5, 0.6) is 5.75 Å². The molecule has 2 heteroatoms. The summed E-state index contributed by atoms with van der Waals surface area (Å²) in [6.45, 7) is 2.71. The Kier molecular flexibility index (Phi) is 4.82. The molecule has 0 N–H and O–H groups in total. The van der Waals surface area contributed by atoms with E-state index in [0.29, 0.717) is 6.61 Å². The van der Waals surface area contributed by atoms with E-state index in [1.165, 1.54) is 16.7 Å². The highest BCUT2D eigenvalue weighted by Crippen LogP contribution is 2.16. The van der Waals surface area contributed by atoms with Gasteiger partial charge in [-0.3, -0.25) is 0 Å². The van der Waals surface area contributed by atoms with Gasteiger partial charge in [0, 0.05) is 5.33 Å². The van der Waals surface area contributed by atoms with Crippen LogP contribution in [0, 0.1) is 6.92 Å². The lowest BCUT2D eigenvalue weighted by Crippen LogP contribution is -1.99. The average molecular weight is 305 g/mol. The maximum Gasteiger partial charge on any atom is 0.119 e. The van der Waals surface area contributed by atoms with Crippen molar-refractivity contribution in [1.29, 1.82) is 0 Å².